The molecule has 4 aromatic carbocycles. The van der Waals surface area contributed by atoms with E-state index in [0.717, 1.165) is 69.3 Å². The molecule has 306 valence electrons. The van der Waals surface area contributed by atoms with Gasteiger partial charge in [0.15, 0.2) is 23.0 Å². The van der Waals surface area contributed by atoms with Crippen molar-refractivity contribution in [2.75, 3.05) is 6.54 Å². The van der Waals surface area contributed by atoms with Crippen LogP contribution in [0.1, 0.15) is 117 Å². The normalized spacial score (nSPS) is 24.3. The zero-order valence-electron chi connectivity index (χ0n) is 33.7. The molecule has 5 atom stereocenters. The summed E-state index contributed by atoms with van der Waals surface area (Å²) in [6.45, 7) is 3.73. The molecule has 0 aliphatic heterocycles. The van der Waals surface area contributed by atoms with Crippen molar-refractivity contribution in [3.05, 3.63) is 106 Å². The third-order valence-electron chi connectivity index (χ3n) is 14.3. The smallest absolute Gasteiger partial charge is 0.169 e. The molecule has 3 aliphatic rings. The SMILES string of the molecule is CCCCCc1cc(CCc2c(O)c(O)c3c(O)cccc3c2/C=C/c2ccc(O)c(O)c2)ccc1CNC[C@@]1(c2cnc[nH]2)CCC[C@@]23CCC[C@@H]2CC[C@@H](O)[C@H]13. The van der Waals surface area contributed by atoms with Gasteiger partial charge in [0.1, 0.15) is 5.75 Å². The molecule has 3 aliphatic carbocycles. The van der Waals surface area contributed by atoms with E-state index in [1.165, 1.54) is 61.4 Å². The zero-order valence-corrected chi connectivity index (χ0v) is 33.7. The summed E-state index contributed by atoms with van der Waals surface area (Å²) in [7, 11) is 0. The van der Waals surface area contributed by atoms with Crippen LogP contribution < -0.4 is 5.32 Å². The van der Waals surface area contributed by atoms with Gasteiger partial charge >= 0.3 is 0 Å². The van der Waals surface area contributed by atoms with Crippen LogP contribution in [-0.4, -0.2) is 53.3 Å². The number of nitrogens with one attached hydrogen (secondary N) is 2. The number of benzene rings is 4. The standard InChI is InChI=1S/C49H59N3O6/c1-2-3-4-8-33-25-31(14-19-38-36(18-13-32-15-20-39(53)42(56)26-32)37-10-5-11-40(54)44(37)46(58)45(38)57)12-16-34(33)27-50-29-49(43-28-51-30-52-43)24-7-23-48-22-6-9-35(48)17-21-41(55)47(48)49/h5,10-13,15-16,18,20,25-26,28,30,35,41,47,50,53-58H,2-4,6-9,14,17,19,21-24,27,29H2,1H3,(H,51,52)/b18-13+/t35-,41-,47+,48+,49-/m1/s1. The van der Waals surface area contributed by atoms with Gasteiger partial charge in [-0.2, -0.15) is 0 Å². The predicted molar refractivity (Wildman–Crippen MR) is 229 cm³/mol. The molecule has 9 heteroatoms. The first kappa shape index (κ1) is 39.8. The first-order valence-corrected chi connectivity index (χ1v) is 21.5. The van der Waals surface area contributed by atoms with E-state index in [9.17, 15) is 30.6 Å². The van der Waals surface area contributed by atoms with Crippen LogP contribution in [-0.2, 0) is 31.2 Å². The predicted octanol–water partition coefficient (Wildman–Crippen LogP) is 9.55. The number of hydrogen-bond acceptors (Lipinski definition) is 8. The molecular formula is C49H59N3O6. The number of phenols is 5. The van der Waals surface area contributed by atoms with Crippen molar-refractivity contribution in [3.63, 3.8) is 0 Å². The highest BCUT2D eigenvalue weighted by Crippen LogP contribution is 2.66. The van der Waals surface area contributed by atoms with Crippen LogP contribution in [0.2, 0.25) is 0 Å². The Morgan fingerprint density at radius 1 is 0.810 bits per heavy atom. The number of unbranched alkanes of at least 4 members (excludes halogenated alkanes) is 2. The number of aryl methyl sites for hydroxylation is 2. The lowest BCUT2D eigenvalue weighted by molar-refractivity contribution is -0.121. The minimum absolute atomic E-state index is 0.133. The molecule has 0 amide bonds. The Kier molecular flexibility index (Phi) is 11.5. The van der Waals surface area contributed by atoms with Gasteiger partial charge in [-0.05, 0) is 127 Å². The largest absolute Gasteiger partial charge is 0.507 e. The molecule has 1 heterocycles. The number of imidazole rings is 1. The van der Waals surface area contributed by atoms with E-state index < -0.39 is 0 Å². The third-order valence-corrected chi connectivity index (χ3v) is 14.3. The van der Waals surface area contributed by atoms with E-state index in [0.29, 0.717) is 40.8 Å². The van der Waals surface area contributed by atoms with Crippen LogP contribution in [0.5, 0.6) is 28.7 Å². The number of aromatic hydroxyl groups is 5. The average Bonchev–Trinajstić information content (AvgIpc) is 3.91. The first-order valence-electron chi connectivity index (χ1n) is 21.5. The molecule has 0 unspecified atom stereocenters. The summed E-state index contributed by atoms with van der Waals surface area (Å²) in [6, 6.07) is 16.3. The summed E-state index contributed by atoms with van der Waals surface area (Å²) in [4.78, 5) is 8.02. The average molecular weight is 786 g/mol. The lowest BCUT2D eigenvalue weighted by Gasteiger charge is -2.60. The van der Waals surface area contributed by atoms with Crippen LogP contribution in [0.4, 0.5) is 0 Å². The molecule has 9 nitrogen and oxygen atoms in total. The number of phenolic OH excluding ortho intramolecular Hbond substituents is 5. The van der Waals surface area contributed by atoms with Crippen molar-refractivity contribution < 1.29 is 30.6 Å². The monoisotopic (exact) mass is 785 g/mol. The molecule has 0 radical (unpaired) electrons. The van der Waals surface area contributed by atoms with Crippen molar-refractivity contribution in [1.29, 1.82) is 0 Å². The van der Waals surface area contributed by atoms with Gasteiger partial charge in [0.2, 0.25) is 0 Å². The number of aliphatic hydroxyl groups excluding tert-OH is 1. The molecular weight excluding hydrogens is 727 g/mol. The molecule has 8 N–H and O–H groups in total. The Balaban J connectivity index is 1.06. The Bertz CT molecular complexity index is 2270. The van der Waals surface area contributed by atoms with Gasteiger partial charge in [-0.25, -0.2) is 4.98 Å². The molecule has 1 aromatic heterocycles. The van der Waals surface area contributed by atoms with Crippen molar-refractivity contribution >= 4 is 22.9 Å². The Morgan fingerprint density at radius 2 is 1.67 bits per heavy atom. The van der Waals surface area contributed by atoms with E-state index in [1.807, 2.05) is 18.3 Å². The summed E-state index contributed by atoms with van der Waals surface area (Å²) in [5.41, 5.74) is 6.71. The number of rotatable bonds is 14. The molecule has 0 saturated heterocycles. The number of fused-ring (bicyclic) bond motifs is 1. The topological polar surface area (TPSA) is 162 Å². The van der Waals surface area contributed by atoms with Crippen LogP contribution in [0.15, 0.2) is 67.1 Å². The van der Waals surface area contributed by atoms with E-state index >= 15 is 0 Å². The fourth-order valence-electron chi connectivity index (χ4n) is 11.7. The van der Waals surface area contributed by atoms with Gasteiger partial charge in [-0.3, -0.25) is 0 Å². The minimum Gasteiger partial charge on any atom is -0.507 e. The van der Waals surface area contributed by atoms with Gasteiger partial charge < -0.3 is 40.9 Å². The van der Waals surface area contributed by atoms with Crippen molar-refractivity contribution in [3.8, 4) is 28.7 Å². The quantitative estimate of drug-likeness (QED) is 0.0314. The Labute approximate surface area is 341 Å². The van der Waals surface area contributed by atoms with Crippen molar-refractivity contribution in [2.45, 2.75) is 115 Å². The van der Waals surface area contributed by atoms with Gasteiger partial charge in [0, 0.05) is 41.9 Å². The third kappa shape index (κ3) is 7.32. The number of H-pyrrole nitrogens is 1. The van der Waals surface area contributed by atoms with E-state index in [1.54, 1.807) is 24.5 Å². The van der Waals surface area contributed by atoms with E-state index in [-0.39, 0.29) is 57.0 Å². The molecule has 3 fully saturated rings. The Morgan fingerprint density at radius 3 is 2.48 bits per heavy atom. The summed E-state index contributed by atoms with van der Waals surface area (Å²) >= 11 is 0. The molecule has 0 bridgehead atoms. The van der Waals surface area contributed by atoms with Crippen molar-refractivity contribution in [2.24, 2.45) is 17.3 Å². The fraction of sp³-hybridized carbons (Fsp3) is 0.449. The van der Waals surface area contributed by atoms with Crippen LogP contribution in [0, 0.1) is 17.3 Å². The van der Waals surface area contributed by atoms with Crippen LogP contribution >= 0.6 is 0 Å². The molecule has 5 aromatic rings. The van der Waals surface area contributed by atoms with Gasteiger partial charge in [-0.1, -0.05) is 81.2 Å². The summed E-state index contributed by atoms with van der Waals surface area (Å²) in [5, 5.41) is 69.7. The number of aromatic nitrogens is 2. The zero-order chi connectivity index (χ0) is 40.4. The van der Waals surface area contributed by atoms with E-state index in [2.05, 4.69) is 40.4 Å². The van der Waals surface area contributed by atoms with Gasteiger partial charge in [0.05, 0.1) is 17.8 Å². The summed E-state index contributed by atoms with van der Waals surface area (Å²) < 4.78 is 0. The maximum Gasteiger partial charge on any atom is 0.169 e. The van der Waals surface area contributed by atoms with Crippen LogP contribution in [0.25, 0.3) is 22.9 Å². The van der Waals surface area contributed by atoms with Crippen molar-refractivity contribution in [1.82, 2.24) is 15.3 Å². The summed E-state index contributed by atoms with van der Waals surface area (Å²) in [5.74, 6) is -0.304. The number of aliphatic hydroxyl groups is 1. The minimum atomic E-state index is -0.356. The van der Waals surface area contributed by atoms with E-state index in [4.69, 9.17) is 0 Å². The fourth-order valence-corrected chi connectivity index (χ4v) is 11.7. The highest BCUT2D eigenvalue weighted by Gasteiger charge is 2.62. The molecule has 58 heavy (non-hydrogen) atoms. The molecule has 8 rings (SSSR count). The first-order chi connectivity index (χ1) is 28.1. The lowest BCUT2D eigenvalue weighted by atomic mass is 9.46. The molecule has 1 spiro atoms. The second kappa shape index (κ2) is 16.7. The second-order valence-electron chi connectivity index (χ2n) is 17.5. The number of nitrogens with zero attached hydrogens (tertiary/aromatic N) is 1. The van der Waals surface area contributed by atoms with Crippen LogP contribution in [0.3, 0.4) is 0 Å². The second-order valence-corrected chi connectivity index (χ2v) is 17.5. The van der Waals surface area contributed by atoms with Gasteiger partial charge in [0.25, 0.3) is 0 Å². The number of hydrogen-bond donors (Lipinski definition) is 8. The maximum absolute atomic E-state index is 11.8. The number of aromatic amines is 1. The maximum atomic E-state index is 11.8. The lowest BCUT2D eigenvalue weighted by Crippen LogP contribution is -2.61. The summed E-state index contributed by atoms with van der Waals surface area (Å²) in [6.07, 6.45) is 21.7. The Hall–Kier alpha value is -4.99. The molecule has 3 saturated carbocycles. The van der Waals surface area contributed by atoms with Gasteiger partial charge in [-0.15, -0.1) is 0 Å². The highest BCUT2D eigenvalue weighted by atomic mass is 16.3. The highest BCUT2D eigenvalue weighted by molar-refractivity contribution is 6.03.